The number of hydrogen-bond acceptors (Lipinski definition) is 6. The molecule has 0 unspecified atom stereocenters. The van der Waals surface area contributed by atoms with Gasteiger partial charge in [0, 0.05) is 17.8 Å². The topological polar surface area (TPSA) is 108 Å². The molecule has 0 aliphatic heterocycles. The normalized spacial score (nSPS) is 15.5. The van der Waals surface area contributed by atoms with Gasteiger partial charge >= 0.3 is 5.97 Å². The zero-order valence-electron chi connectivity index (χ0n) is 19.3. The Kier molecular flexibility index (Phi) is 7.68. The maximum absolute atomic E-state index is 13.5. The lowest BCUT2D eigenvalue weighted by atomic mass is 9.78. The number of nitrogens with one attached hydrogen (secondary N) is 1. The molecule has 1 aliphatic carbocycles. The molecule has 1 fully saturated rings. The molecule has 1 atom stereocenters. The van der Waals surface area contributed by atoms with Crippen molar-refractivity contribution in [1.82, 2.24) is 0 Å². The minimum atomic E-state index is -0.773. The van der Waals surface area contributed by atoms with Crippen LogP contribution >= 0.6 is 0 Å². The molecule has 1 amide bonds. The van der Waals surface area contributed by atoms with Crippen molar-refractivity contribution in [3.8, 4) is 5.75 Å². The summed E-state index contributed by atoms with van der Waals surface area (Å²) in [5, 5.41) is 14.0. The molecule has 1 saturated carbocycles. The van der Waals surface area contributed by atoms with Gasteiger partial charge in [-0.1, -0.05) is 31.9 Å². The second-order valence-electron chi connectivity index (χ2n) is 8.32. The summed E-state index contributed by atoms with van der Waals surface area (Å²) < 4.78 is 11.0. The SMILES string of the molecule is CCOC(=O)c1cc(NC(=O)C2(c3ccc([N+](=O)[O-])cc3)CCCC2)ccc1O[C@@H](C)CC. The summed E-state index contributed by atoms with van der Waals surface area (Å²) in [7, 11) is 0. The van der Waals surface area contributed by atoms with Gasteiger partial charge in [-0.05, 0) is 56.9 Å². The number of carbonyl (C=O) groups is 2. The van der Waals surface area contributed by atoms with E-state index in [1.807, 2.05) is 13.8 Å². The Hall–Kier alpha value is -3.42. The monoisotopic (exact) mass is 454 g/mol. The van der Waals surface area contributed by atoms with Crippen molar-refractivity contribution < 1.29 is 24.0 Å². The minimum absolute atomic E-state index is 0.0109. The van der Waals surface area contributed by atoms with Crippen LogP contribution in [-0.4, -0.2) is 29.5 Å². The molecule has 33 heavy (non-hydrogen) atoms. The van der Waals surface area contributed by atoms with E-state index < -0.39 is 16.3 Å². The standard InChI is InChI=1S/C25H30N2O6/c1-4-17(3)33-22-13-10-19(16-21(22)23(28)32-5-2)26-24(29)25(14-6-7-15-25)18-8-11-20(12-9-18)27(30)31/h8-13,16-17H,4-7,14-15H2,1-3H3,(H,26,29)/t17-/m0/s1. The number of rotatable bonds is 9. The Bertz CT molecular complexity index is 1010. The van der Waals surface area contributed by atoms with Crippen molar-refractivity contribution in [2.45, 2.75) is 64.4 Å². The fraction of sp³-hybridized carbons (Fsp3) is 0.440. The van der Waals surface area contributed by atoms with Gasteiger partial charge in [0.2, 0.25) is 5.91 Å². The third-order valence-corrected chi connectivity index (χ3v) is 6.16. The number of non-ortho nitro benzene ring substituents is 1. The fourth-order valence-electron chi connectivity index (χ4n) is 4.16. The maximum Gasteiger partial charge on any atom is 0.341 e. The number of carbonyl (C=O) groups excluding carboxylic acids is 2. The molecule has 0 heterocycles. The zero-order valence-corrected chi connectivity index (χ0v) is 19.3. The molecule has 0 radical (unpaired) electrons. The third kappa shape index (κ3) is 5.32. The third-order valence-electron chi connectivity index (χ3n) is 6.16. The number of nitro groups is 1. The van der Waals surface area contributed by atoms with E-state index in [0.717, 1.165) is 24.8 Å². The summed E-state index contributed by atoms with van der Waals surface area (Å²) in [5.74, 6) is -0.302. The van der Waals surface area contributed by atoms with E-state index in [2.05, 4.69) is 5.32 Å². The highest BCUT2D eigenvalue weighted by atomic mass is 16.6. The average Bonchev–Trinajstić information content (AvgIpc) is 3.31. The summed E-state index contributed by atoms with van der Waals surface area (Å²) >= 11 is 0. The average molecular weight is 455 g/mol. The van der Waals surface area contributed by atoms with E-state index in [1.165, 1.54) is 12.1 Å². The predicted octanol–water partition coefficient (Wildman–Crippen LogP) is 5.40. The van der Waals surface area contributed by atoms with Crippen molar-refractivity contribution in [3.63, 3.8) is 0 Å². The van der Waals surface area contributed by atoms with E-state index in [-0.39, 0.29) is 29.9 Å². The second kappa shape index (κ2) is 10.5. The molecule has 8 heteroatoms. The lowest BCUT2D eigenvalue weighted by Gasteiger charge is -2.28. The summed E-state index contributed by atoms with van der Waals surface area (Å²) in [6.07, 6.45) is 3.77. The molecule has 0 bridgehead atoms. The quantitative estimate of drug-likeness (QED) is 0.309. The van der Waals surface area contributed by atoms with Crippen molar-refractivity contribution in [2.75, 3.05) is 11.9 Å². The van der Waals surface area contributed by atoms with Gasteiger partial charge < -0.3 is 14.8 Å². The largest absolute Gasteiger partial charge is 0.490 e. The Morgan fingerprint density at radius 2 is 1.79 bits per heavy atom. The van der Waals surface area contributed by atoms with E-state index in [1.54, 1.807) is 37.3 Å². The van der Waals surface area contributed by atoms with Gasteiger partial charge in [0.1, 0.15) is 11.3 Å². The minimum Gasteiger partial charge on any atom is -0.490 e. The maximum atomic E-state index is 13.5. The Labute approximate surface area is 193 Å². The van der Waals surface area contributed by atoms with Crippen LogP contribution in [0.4, 0.5) is 11.4 Å². The van der Waals surface area contributed by atoms with Gasteiger partial charge in [-0.25, -0.2) is 4.79 Å². The van der Waals surface area contributed by atoms with Crippen LogP contribution in [0.2, 0.25) is 0 Å². The fourth-order valence-corrected chi connectivity index (χ4v) is 4.16. The summed E-state index contributed by atoms with van der Waals surface area (Å²) in [5.41, 5.74) is 0.692. The number of nitrogens with zero attached hydrogens (tertiary/aromatic N) is 1. The number of ether oxygens (including phenoxy) is 2. The molecule has 0 aromatic heterocycles. The lowest BCUT2D eigenvalue weighted by Crippen LogP contribution is -2.38. The van der Waals surface area contributed by atoms with Crippen LogP contribution in [0, 0.1) is 10.1 Å². The molecule has 0 saturated heterocycles. The van der Waals surface area contributed by atoms with Crippen molar-refractivity contribution in [3.05, 3.63) is 63.7 Å². The number of anilines is 1. The van der Waals surface area contributed by atoms with Gasteiger partial charge in [0.05, 0.1) is 23.0 Å². The van der Waals surface area contributed by atoms with E-state index in [9.17, 15) is 19.7 Å². The molecular formula is C25H30N2O6. The van der Waals surface area contributed by atoms with E-state index >= 15 is 0 Å². The first-order valence-corrected chi connectivity index (χ1v) is 11.3. The molecule has 2 aromatic carbocycles. The Balaban J connectivity index is 1.90. The number of esters is 1. The smallest absolute Gasteiger partial charge is 0.341 e. The van der Waals surface area contributed by atoms with Crippen LogP contribution < -0.4 is 10.1 Å². The van der Waals surface area contributed by atoms with Crippen LogP contribution in [0.1, 0.15) is 68.8 Å². The van der Waals surface area contributed by atoms with Gasteiger partial charge in [-0.3, -0.25) is 14.9 Å². The van der Waals surface area contributed by atoms with Crippen LogP contribution in [0.25, 0.3) is 0 Å². The molecule has 2 aromatic rings. The van der Waals surface area contributed by atoms with E-state index in [4.69, 9.17) is 9.47 Å². The lowest BCUT2D eigenvalue weighted by molar-refractivity contribution is -0.384. The number of nitro benzene ring substituents is 1. The predicted molar refractivity (Wildman–Crippen MR) is 125 cm³/mol. The molecule has 0 spiro atoms. The van der Waals surface area contributed by atoms with Crippen molar-refractivity contribution in [1.29, 1.82) is 0 Å². The van der Waals surface area contributed by atoms with Crippen molar-refractivity contribution in [2.24, 2.45) is 0 Å². The van der Waals surface area contributed by atoms with Crippen LogP contribution in [0.3, 0.4) is 0 Å². The second-order valence-corrected chi connectivity index (χ2v) is 8.32. The van der Waals surface area contributed by atoms with Gasteiger partial charge in [-0.15, -0.1) is 0 Å². The number of hydrogen-bond donors (Lipinski definition) is 1. The molecular weight excluding hydrogens is 424 g/mol. The molecule has 8 nitrogen and oxygen atoms in total. The highest BCUT2D eigenvalue weighted by Gasteiger charge is 2.43. The summed E-state index contributed by atoms with van der Waals surface area (Å²) in [6.45, 7) is 5.86. The van der Waals surface area contributed by atoms with Crippen LogP contribution in [0.15, 0.2) is 42.5 Å². The first kappa shape index (κ1) is 24.2. The first-order valence-electron chi connectivity index (χ1n) is 11.3. The van der Waals surface area contributed by atoms with Crippen molar-refractivity contribution >= 4 is 23.3 Å². The Morgan fingerprint density at radius 1 is 1.12 bits per heavy atom. The van der Waals surface area contributed by atoms with Gasteiger partial charge in [0.15, 0.2) is 0 Å². The molecule has 176 valence electrons. The van der Waals surface area contributed by atoms with Crippen LogP contribution in [0.5, 0.6) is 5.75 Å². The zero-order chi connectivity index (χ0) is 24.0. The summed E-state index contributed by atoms with van der Waals surface area (Å²) in [6, 6.07) is 11.1. The summed E-state index contributed by atoms with van der Waals surface area (Å²) in [4.78, 5) is 36.6. The van der Waals surface area contributed by atoms with Crippen LogP contribution in [-0.2, 0) is 14.9 Å². The first-order chi connectivity index (χ1) is 15.8. The molecule has 1 aliphatic rings. The number of benzene rings is 2. The van der Waals surface area contributed by atoms with E-state index in [0.29, 0.717) is 24.3 Å². The number of amides is 1. The van der Waals surface area contributed by atoms with Gasteiger partial charge in [-0.2, -0.15) is 0 Å². The van der Waals surface area contributed by atoms with Gasteiger partial charge in [0.25, 0.3) is 5.69 Å². The highest BCUT2D eigenvalue weighted by molar-refractivity contribution is 6.01. The highest BCUT2D eigenvalue weighted by Crippen LogP contribution is 2.42. The molecule has 3 rings (SSSR count). The molecule has 1 N–H and O–H groups in total. The Morgan fingerprint density at radius 3 is 2.36 bits per heavy atom.